The monoisotopic (exact) mass is 724 g/mol. The lowest BCUT2D eigenvalue weighted by Crippen LogP contribution is -2.24. The third-order valence-electron chi connectivity index (χ3n) is 11.3. The third-order valence-corrected chi connectivity index (χ3v) is 12.5. The first-order valence-electron chi connectivity index (χ1n) is 18.8. The van der Waals surface area contributed by atoms with Gasteiger partial charge in [-0.3, -0.25) is 4.99 Å². The summed E-state index contributed by atoms with van der Waals surface area (Å²) in [5.41, 5.74) is 14.6. The van der Waals surface area contributed by atoms with Gasteiger partial charge in [-0.25, -0.2) is 0 Å². The largest absolute Gasteiger partial charge is 0.455 e. The number of allylic oxidation sites excluding steroid dienone is 1. The lowest BCUT2D eigenvalue weighted by atomic mass is 9.76. The topological polar surface area (TPSA) is 49.3 Å². The molecule has 2 aliphatic heterocycles. The zero-order valence-corrected chi connectivity index (χ0v) is 31.4. The second kappa shape index (κ2) is 13.2. The zero-order valence-electron chi connectivity index (χ0n) is 30.6. The summed E-state index contributed by atoms with van der Waals surface area (Å²) in [4.78, 5) is 7.81. The van der Waals surface area contributed by atoms with Gasteiger partial charge in [0.05, 0.1) is 17.3 Å². The molecule has 0 N–H and O–H groups in total. The Kier molecular flexibility index (Phi) is 7.94. The molecule has 0 amide bonds. The van der Waals surface area contributed by atoms with E-state index in [1.807, 2.05) is 12.1 Å². The first kappa shape index (κ1) is 33.2. The molecule has 0 spiro atoms. The van der Waals surface area contributed by atoms with Crippen molar-refractivity contribution in [3.63, 3.8) is 0 Å². The van der Waals surface area contributed by atoms with Crippen molar-refractivity contribution in [1.82, 2.24) is 0 Å². The van der Waals surface area contributed by atoms with Gasteiger partial charge in [-0.1, -0.05) is 159 Å². The van der Waals surface area contributed by atoms with Gasteiger partial charge in [0.25, 0.3) is 0 Å². The highest BCUT2D eigenvalue weighted by molar-refractivity contribution is 7.99. The van der Waals surface area contributed by atoms with Gasteiger partial charge in [0.2, 0.25) is 0 Å². The van der Waals surface area contributed by atoms with Crippen LogP contribution in [0.25, 0.3) is 49.9 Å². The maximum Gasteiger partial charge on any atom is 0.143 e. The molecule has 3 heterocycles. The molecule has 0 saturated carbocycles. The van der Waals surface area contributed by atoms with E-state index in [9.17, 15) is 5.26 Å². The molecular weight excluding hydrogens is 689 g/mol. The van der Waals surface area contributed by atoms with Crippen LogP contribution in [0.1, 0.15) is 59.6 Å². The van der Waals surface area contributed by atoms with Crippen LogP contribution >= 0.6 is 11.8 Å². The Morgan fingerprint density at radius 1 is 0.655 bits per heavy atom. The van der Waals surface area contributed by atoms with Gasteiger partial charge in [-0.15, -0.1) is 0 Å². The van der Waals surface area contributed by atoms with E-state index in [-0.39, 0.29) is 11.3 Å². The molecule has 0 saturated heterocycles. The van der Waals surface area contributed by atoms with Crippen molar-refractivity contribution in [1.29, 1.82) is 5.26 Å². The summed E-state index contributed by atoms with van der Waals surface area (Å²) < 4.78 is 6.38. The van der Waals surface area contributed by atoms with E-state index in [4.69, 9.17) is 9.41 Å². The van der Waals surface area contributed by atoms with Crippen molar-refractivity contribution in [2.24, 2.45) is 4.99 Å². The summed E-state index contributed by atoms with van der Waals surface area (Å²) in [6.07, 6.45) is 3.13. The molecule has 10 rings (SSSR count). The van der Waals surface area contributed by atoms with E-state index in [0.29, 0.717) is 5.56 Å². The Balaban J connectivity index is 1.05. The summed E-state index contributed by atoms with van der Waals surface area (Å²) in [5.74, 6) is 0.130. The second-order valence-electron chi connectivity index (χ2n) is 15.0. The van der Waals surface area contributed by atoms with E-state index in [1.54, 1.807) is 11.8 Å². The molecule has 0 bridgehead atoms. The Morgan fingerprint density at radius 3 is 2.24 bits per heavy atom. The van der Waals surface area contributed by atoms with Crippen LogP contribution in [-0.2, 0) is 5.41 Å². The molecule has 262 valence electrons. The second-order valence-corrected chi connectivity index (χ2v) is 16.1. The van der Waals surface area contributed by atoms with E-state index in [0.717, 1.165) is 73.1 Å². The van der Waals surface area contributed by atoms with Gasteiger partial charge in [0, 0.05) is 55.2 Å². The van der Waals surface area contributed by atoms with Gasteiger partial charge in [0.15, 0.2) is 0 Å². The SMILES string of the molecule is CC1(C)c2ccccc2Sc2c(-c3cccc(C4=CC(c5ccc(-c6cccc7c6oc6ccccc67)cc5)CC(c5ccccc5)=N4)c3)cc(C#N)cc21. The minimum Gasteiger partial charge on any atom is -0.455 e. The van der Waals surface area contributed by atoms with Crippen LogP contribution in [0.15, 0.2) is 183 Å². The molecule has 55 heavy (non-hydrogen) atoms. The van der Waals surface area contributed by atoms with Crippen LogP contribution in [-0.4, -0.2) is 5.71 Å². The normalized spacial score (nSPS) is 15.8. The van der Waals surface area contributed by atoms with Crippen molar-refractivity contribution in [3.8, 4) is 28.3 Å². The van der Waals surface area contributed by atoms with E-state index in [1.165, 1.54) is 26.5 Å². The van der Waals surface area contributed by atoms with Crippen molar-refractivity contribution in [2.75, 3.05) is 0 Å². The van der Waals surface area contributed by atoms with Gasteiger partial charge in [0.1, 0.15) is 11.2 Å². The third kappa shape index (κ3) is 5.71. The van der Waals surface area contributed by atoms with E-state index in [2.05, 4.69) is 172 Å². The molecule has 3 nitrogen and oxygen atoms in total. The van der Waals surface area contributed by atoms with E-state index < -0.39 is 0 Å². The highest BCUT2D eigenvalue weighted by Gasteiger charge is 2.35. The number of para-hydroxylation sites is 2. The maximum atomic E-state index is 10.2. The van der Waals surface area contributed by atoms with Crippen LogP contribution < -0.4 is 0 Å². The van der Waals surface area contributed by atoms with Crippen molar-refractivity contribution in [3.05, 3.63) is 197 Å². The number of benzene rings is 7. The smallest absolute Gasteiger partial charge is 0.143 e. The minimum absolute atomic E-state index is 0.130. The molecule has 0 radical (unpaired) electrons. The predicted molar refractivity (Wildman–Crippen MR) is 227 cm³/mol. The molecule has 7 aromatic carbocycles. The van der Waals surface area contributed by atoms with Crippen molar-refractivity contribution < 1.29 is 4.42 Å². The summed E-state index contributed by atoms with van der Waals surface area (Å²) in [5, 5.41) is 12.5. The number of aliphatic imine (C=N–C) groups is 1. The molecule has 2 aliphatic rings. The molecule has 8 aromatic rings. The minimum atomic E-state index is -0.238. The fourth-order valence-corrected chi connectivity index (χ4v) is 9.92. The Bertz CT molecular complexity index is 2910. The fraction of sp³-hybridized carbons (Fsp3) is 0.0980. The standard InChI is InChI=1S/C51H36N2OS/c1-51(2)43-19-7-9-21-48(43)55-50-42(26-32(31-52)27-44(50)51)36-14-10-15-37(28-36)46-30-38(29-45(53-46)35-12-4-3-5-13-35)33-22-24-34(25-23-33)39-17-11-18-41-40-16-6-8-20-47(40)54-49(39)41/h3-28,30,38H,29H2,1-2H3. The van der Waals surface area contributed by atoms with Gasteiger partial charge in [-0.05, 0) is 69.3 Å². The first-order chi connectivity index (χ1) is 26.9. The van der Waals surface area contributed by atoms with Gasteiger partial charge < -0.3 is 4.42 Å². The molecule has 1 unspecified atom stereocenters. The number of furan rings is 1. The summed E-state index contributed by atoms with van der Waals surface area (Å²) in [6, 6.07) is 58.1. The Morgan fingerprint density at radius 2 is 1.38 bits per heavy atom. The molecule has 1 atom stereocenters. The molecule has 4 heteroatoms. The van der Waals surface area contributed by atoms with Crippen LogP contribution in [0.4, 0.5) is 0 Å². The lowest BCUT2D eigenvalue weighted by molar-refractivity contribution is 0.607. The first-order valence-corrected chi connectivity index (χ1v) is 19.6. The lowest BCUT2D eigenvalue weighted by Gasteiger charge is -2.35. The summed E-state index contributed by atoms with van der Waals surface area (Å²) in [7, 11) is 0. The number of hydrogen-bond donors (Lipinski definition) is 0. The zero-order chi connectivity index (χ0) is 37.1. The van der Waals surface area contributed by atoms with Gasteiger partial charge in [-0.2, -0.15) is 5.26 Å². The Hall–Kier alpha value is -6.41. The predicted octanol–water partition coefficient (Wildman–Crippen LogP) is 13.6. The average Bonchev–Trinajstić information content (AvgIpc) is 3.63. The number of nitriles is 1. The summed E-state index contributed by atoms with van der Waals surface area (Å²) in [6.45, 7) is 4.54. The highest BCUT2D eigenvalue weighted by Crippen LogP contribution is 2.52. The highest BCUT2D eigenvalue weighted by atomic mass is 32.2. The molecule has 0 aliphatic carbocycles. The average molecular weight is 725 g/mol. The van der Waals surface area contributed by atoms with Crippen molar-refractivity contribution >= 4 is 45.1 Å². The van der Waals surface area contributed by atoms with Crippen LogP contribution in [0.2, 0.25) is 0 Å². The number of fused-ring (bicyclic) bond motifs is 5. The molecule has 1 aromatic heterocycles. The maximum absolute atomic E-state index is 10.2. The van der Waals surface area contributed by atoms with Gasteiger partial charge >= 0.3 is 0 Å². The summed E-state index contributed by atoms with van der Waals surface area (Å²) >= 11 is 1.81. The van der Waals surface area contributed by atoms with Crippen LogP contribution in [0.3, 0.4) is 0 Å². The van der Waals surface area contributed by atoms with Crippen molar-refractivity contribution in [2.45, 2.75) is 41.4 Å². The molecule has 0 fully saturated rings. The van der Waals surface area contributed by atoms with Crippen LogP contribution in [0.5, 0.6) is 0 Å². The Labute approximate surface area is 325 Å². The fourth-order valence-electron chi connectivity index (χ4n) is 8.41. The molecular formula is C51H36N2OS. The van der Waals surface area contributed by atoms with E-state index >= 15 is 0 Å². The number of nitrogens with zero attached hydrogens (tertiary/aromatic N) is 2. The quantitative estimate of drug-likeness (QED) is 0.178. The number of rotatable bonds is 5. The van der Waals surface area contributed by atoms with Crippen LogP contribution in [0, 0.1) is 11.3 Å². The number of hydrogen-bond acceptors (Lipinski definition) is 4.